The lowest BCUT2D eigenvalue weighted by Crippen LogP contribution is -2.31. The largest absolute Gasteiger partial charge is 0.503 e. The van der Waals surface area contributed by atoms with Crippen LogP contribution in [-0.4, -0.2) is 28.9 Å². The number of carbonyl (C=O) groups excluding carboxylic acids is 2. The fraction of sp³-hybridized carbons (Fsp3) is 0.138. The Labute approximate surface area is 223 Å². The molecule has 1 aromatic heterocycles. The molecule has 1 atom stereocenters. The molecule has 0 saturated carbocycles. The Balaban J connectivity index is 1.65. The van der Waals surface area contributed by atoms with Crippen LogP contribution in [0.3, 0.4) is 0 Å². The molecule has 186 valence electrons. The zero-order chi connectivity index (χ0) is 26.3. The molecule has 0 radical (unpaired) electrons. The molecule has 2 heterocycles. The number of hydrogen-bond acceptors (Lipinski definition) is 6. The van der Waals surface area contributed by atoms with Gasteiger partial charge in [-0.25, -0.2) is 4.98 Å². The molecule has 4 aromatic rings. The molecular weight excluding hydrogens is 508 g/mol. The molecule has 37 heavy (non-hydrogen) atoms. The molecule has 0 aliphatic carbocycles. The number of amides is 1. The third-order valence-corrected chi connectivity index (χ3v) is 7.87. The summed E-state index contributed by atoms with van der Waals surface area (Å²) in [5.74, 6) is -1.24. The number of benzene rings is 3. The van der Waals surface area contributed by atoms with Gasteiger partial charge in [0.05, 0.1) is 34.3 Å². The number of ether oxygens (including phenoxy) is 1. The molecule has 6 nitrogen and oxygen atoms in total. The van der Waals surface area contributed by atoms with Crippen LogP contribution in [0, 0.1) is 13.8 Å². The highest BCUT2D eigenvalue weighted by molar-refractivity contribution is 7.17. The number of rotatable bonds is 6. The van der Waals surface area contributed by atoms with Crippen LogP contribution in [0.1, 0.15) is 32.5 Å². The summed E-state index contributed by atoms with van der Waals surface area (Å²) in [4.78, 5) is 33.9. The maximum Gasteiger partial charge on any atom is 0.294 e. The summed E-state index contributed by atoms with van der Waals surface area (Å²) in [6, 6.07) is 21.1. The Kier molecular flexibility index (Phi) is 6.58. The van der Waals surface area contributed by atoms with E-state index in [4.69, 9.17) is 16.3 Å². The summed E-state index contributed by atoms with van der Waals surface area (Å²) in [6.07, 6.45) is 0. The number of halogens is 1. The molecule has 1 aliphatic heterocycles. The third kappa shape index (κ3) is 4.30. The van der Waals surface area contributed by atoms with Crippen LogP contribution in [0.4, 0.5) is 5.69 Å². The number of ketones is 1. The molecular formula is C29H23ClN2O4S. The monoisotopic (exact) mass is 530 g/mol. The van der Waals surface area contributed by atoms with E-state index in [2.05, 4.69) is 4.98 Å². The van der Waals surface area contributed by atoms with Crippen molar-refractivity contribution in [3.63, 3.8) is 0 Å². The summed E-state index contributed by atoms with van der Waals surface area (Å²) in [5.41, 5.74) is 3.47. The van der Waals surface area contributed by atoms with Crippen LogP contribution in [-0.2, 0) is 4.79 Å². The zero-order valence-corrected chi connectivity index (χ0v) is 21.9. The van der Waals surface area contributed by atoms with Crippen LogP contribution < -0.4 is 9.64 Å². The number of aryl methyl sites for hydroxylation is 2. The normalized spacial score (nSPS) is 15.4. The minimum absolute atomic E-state index is 0.0117. The van der Waals surface area contributed by atoms with Crippen molar-refractivity contribution in [2.75, 3.05) is 12.0 Å². The number of aliphatic hydroxyl groups excluding tert-OH is 1. The highest BCUT2D eigenvalue weighted by Crippen LogP contribution is 2.45. The second-order valence-corrected chi connectivity index (χ2v) is 10.1. The number of aliphatic hydroxyl groups is 1. The Morgan fingerprint density at radius 1 is 1.05 bits per heavy atom. The van der Waals surface area contributed by atoms with Crippen molar-refractivity contribution >= 4 is 40.3 Å². The first kappa shape index (κ1) is 24.7. The SMILES string of the molecule is COc1ccc(N2C(=O)C(O)=C(C(=O)c3sc(-c4ccccc4)nc3C)C2c2ccccc2C)cc1Cl. The molecule has 0 spiro atoms. The second kappa shape index (κ2) is 9.84. The van der Waals surface area contributed by atoms with Gasteiger partial charge in [-0.05, 0) is 43.2 Å². The smallest absolute Gasteiger partial charge is 0.294 e. The molecule has 3 aromatic carbocycles. The van der Waals surface area contributed by atoms with E-state index in [0.717, 1.165) is 16.7 Å². The predicted molar refractivity (Wildman–Crippen MR) is 146 cm³/mol. The van der Waals surface area contributed by atoms with Gasteiger partial charge in [0.2, 0.25) is 5.78 Å². The summed E-state index contributed by atoms with van der Waals surface area (Å²) in [5, 5.41) is 12.1. The standard InChI is InChI=1S/C29H23ClN2O4S/c1-16-9-7-8-12-20(16)24-23(25(33)27-17(2)31-28(37-27)18-10-5-4-6-11-18)26(34)29(35)32(24)19-13-14-22(36-3)21(30)15-19/h4-15,24,34H,1-3H3. The van der Waals surface area contributed by atoms with E-state index in [-0.39, 0.29) is 5.57 Å². The zero-order valence-electron chi connectivity index (χ0n) is 20.4. The van der Waals surface area contributed by atoms with Crippen molar-refractivity contribution in [1.29, 1.82) is 0 Å². The van der Waals surface area contributed by atoms with Gasteiger partial charge in [-0.15, -0.1) is 11.3 Å². The Bertz CT molecular complexity index is 1560. The predicted octanol–water partition coefficient (Wildman–Crippen LogP) is 6.87. The fourth-order valence-corrected chi connectivity index (χ4v) is 5.81. The number of aromatic nitrogens is 1. The van der Waals surface area contributed by atoms with Crippen LogP contribution >= 0.6 is 22.9 Å². The van der Waals surface area contributed by atoms with E-state index in [1.807, 2.05) is 61.5 Å². The highest BCUT2D eigenvalue weighted by atomic mass is 35.5. The lowest BCUT2D eigenvalue weighted by Gasteiger charge is -2.28. The van der Waals surface area contributed by atoms with Crippen molar-refractivity contribution in [2.24, 2.45) is 0 Å². The third-order valence-electron chi connectivity index (χ3n) is 6.37. The van der Waals surface area contributed by atoms with E-state index < -0.39 is 23.5 Å². The number of thiazole rings is 1. The quantitative estimate of drug-likeness (QED) is 0.275. The van der Waals surface area contributed by atoms with E-state index in [0.29, 0.717) is 32.0 Å². The van der Waals surface area contributed by atoms with Gasteiger partial charge >= 0.3 is 0 Å². The Hall–Kier alpha value is -3.94. The minimum Gasteiger partial charge on any atom is -0.503 e. The van der Waals surface area contributed by atoms with Gasteiger partial charge in [-0.3, -0.25) is 14.5 Å². The maximum absolute atomic E-state index is 14.0. The molecule has 0 fully saturated rings. The van der Waals surface area contributed by atoms with Gasteiger partial charge in [0.25, 0.3) is 5.91 Å². The van der Waals surface area contributed by atoms with Crippen molar-refractivity contribution < 1.29 is 19.4 Å². The summed E-state index contributed by atoms with van der Waals surface area (Å²) < 4.78 is 5.26. The van der Waals surface area contributed by atoms with Gasteiger partial charge in [-0.1, -0.05) is 66.2 Å². The number of methoxy groups -OCH3 is 1. The number of nitrogens with zero attached hydrogens (tertiary/aromatic N) is 2. The summed E-state index contributed by atoms with van der Waals surface area (Å²) in [6.45, 7) is 3.66. The number of hydrogen-bond donors (Lipinski definition) is 1. The van der Waals surface area contributed by atoms with Gasteiger partial charge in [0.1, 0.15) is 10.8 Å². The van der Waals surface area contributed by atoms with Gasteiger partial charge in [-0.2, -0.15) is 0 Å². The minimum atomic E-state index is -0.854. The van der Waals surface area contributed by atoms with E-state index in [1.165, 1.54) is 23.3 Å². The number of Topliss-reactive ketones (excluding diaryl/α,β-unsaturated/α-hetero) is 1. The molecule has 1 amide bonds. The van der Waals surface area contributed by atoms with Crippen LogP contribution in [0.5, 0.6) is 5.75 Å². The molecule has 0 bridgehead atoms. The highest BCUT2D eigenvalue weighted by Gasteiger charge is 2.46. The van der Waals surface area contributed by atoms with Gasteiger partial charge < -0.3 is 9.84 Å². The lowest BCUT2D eigenvalue weighted by atomic mass is 9.92. The molecule has 8 heteroatoms. The average Bonchev–Trinajstić information content (AvgIpc) is 3.41. The fourth-order valence-electron chi connectivity index (χ4n) is 4.53. The van der Waals surface area contributed by atoms with Crippen molar-refractivity contribution in [3.8, 4) is 16.3 Å². The first-order valence-electron chi connectivity index (χ1n) is 11.5. The maximum atomic E-state index is 14.0. The second-order valence-electron chi connectivity index (χ2n) is 8.64. The summed E-state index contributed by atoms with van der Waals surface area (Å²) >= 11 is 7.62. The van der Waals surface area contributed by atoms with Crippen molar-refractivity contribution in [1.82, 2.24) is 4.98 Å². The molecule has 0 saturated heterocycles. The average molecular weight is 531 g/mol. The van der Waals surface area contributed by atoms with Crippen LogP contribution in [0.2, 0.25) is 5.02 Å². The topological polar surface area (TPSA) is 79.7 Å². The molecule has 5 rings (SSSR count). The summed E-state index contributed by atoms with van der Waals surface area (Å²) in [7, 11) is 1.50. The van der Waals surface area contributed by atoms with Crippen molar-refractivity contribution in [2.45, 2.75) is 19.9 Å². The van der Waals surface area contributed by atoms with Crippen LogP contribution in [0.25, 0.3) is 10.6 Å². The molecule has 1 N–H and O–H groups in total. The van der Waals surface area contributed by atoms with E-state index in [9.17, 15) is 14.7 Å². The molecule has 1 unspecified atom stereocenters. The van der Waals surface area contributed by atoms with E-state index >= 15 is 0 Å². The van der Waals surface area contributed by atoms with Crippen molar-refractivity contribution in [3.05, 3.63) is 111 Å². The molecule has 1 aliphatic rings. The van der Waals surface area contributed by atoms with Crippen LogP contribution in [0.15, 0.2) is 84.1 Å². The first-order valence-corrected chi connectivity index (χ1v) is 12.7. The first-order chi connectivity index (χ1) is 17.8. The van der Waals surface area contributed by atoms with Gasteiger partial charge in [0.15, 0.2) is 5.76 Å². The number of anilines is 1. The number of carbonyl (C=O) groups is 2. The Morgan fingerprint density at radius 3 is 2.43 bits per heavy atom. The Morgan fingerprint density at radius 2 is 1.76 bits per heavy atom. The van der Waals surface area contributed by atoms with Gasteiger partial charge in [0, 0.05) is 11.3 Å². The van der Waals surface area contributed by atoms with E-state index in [1.54, 1.807) is 25.1 Å². The lowest BCUT2D eigenvalue weighted by molar-refractivity contribution is -0.117.